The molecule has 0 amide bonds. The van der Waals surface area contributed by atoms with Gasteiger partial charge in [0.2, 0.25) is 0 Å². The molecule has 1 nitrogen and oxygen atoms in total. The molecule has 0 aliphatic heterocycles. The van der Waals surface area contributed by atoms with Gasteiger partial charge in [-0.1, -0.05) is 22.0 Å². The van der Waals surface area contributed by atoms with E-state index in [0.717, 1.165) is 12.1 Å². The molecule has 0 atom stereocenters. The third kappa shape index (κ3) is 4.57. The van der Waals surface area contributed by atoms with Gasteiger partial charge in [0.1, 0.15) is 6.54 Å². The molecule has 0 fully saturated rings. The molecule has 114 valence electrons. The summed E-state index contributed by atoms with van der Waals surface area (Å²) in [6.45, 7) is -0.208. The minimum atomic E-state index is -4.70. The van der Waals surface area contributed by atoms with Gasteiger partial charge >= 0.3 is 12.4 Å². The number of halogens is 7. The quantitative estimate of drug-likeness (QED) is 0.538. The molecule has 0 N–H and O–H groups in total. The van der Waals surface area contributed by atoms with Gasteiger partial charge in [-0.15, -0.1) is 0 Å². The van der Waals surface area contributed by atoms with Gasteiger partial charge in [0.15, 0.2) is 0 Å². The van der Waals surface area contributed by atoms with Gasteiger partial charge in [-0.2, -0.15) is 26.3 Å². The number of rotatable bonds is 4. The lowest BCUT2D eigenvalue weighted by Gasteiger charge is -2.27. The van der Waals surface area contributed by atoms with Crippen molar-refractivity contribution in [3.8, 4) is 0 Å². The Morgan fingerprint density at radius 2 is 1.70 bits per heavy atom. The molecule has 8 heteroatoms. The molecule has 1 aromatic carbocycles. The second-order valence-electron chi connectivity index (χ2n) is 4.11. The average molecular weight is 364 g/mol. The smallest absolute Gasteiger partial charge is 0.362 e. The SMILES string of the molecule is CCN(CC(F)(F)F)c1ccc(CBr)cc1C(F)(F)F. The maximum Gasteiger partial charge on any atom is 0.418 e. The molecule has 0 radical (unpaired) electrons. The topological polar surface area (TPSA) is 3.24 Å². The van der Waals surface area contributed by atoms with Crippen LogP contribution in [0, 0.1) is 0 Å². The Morgan fingerprint density at radius 1 is 1.10 bits per heavy atom. The van der Waals surface area contributed by atoms with Crippen LogP contribution in [0.3, 0.4) is 0 Å². The summed E-state index contributed by atoms with van der Waals surface area (Å²) in [5, 5.41) is 0.196. The molecular weight excluding hydrogens is 352 g/mol. The fraction of sp³-hybridized carbons (Fsp3) is 0.500. The summed E-state index contributed by atoms with van der Waals surface area (Å²) < 4.78 is 76.2. The van der Waals surface area contributed by atoms with Crippen LogP contribution in [0.5, 0.6) is 0 Å². The van der Waals surface area contributed by atoms with Gasteiger partial charge in [0.25, 0.3) is 0 Å². The first kappa shape index (κ1) is 17.1. The number of hydrogen-bond acceptors (Lipinski definition) is 1. The fourth-order valence-corrected chi connectivity index (χ4v) is 2.10. The molecular formula is C12H12BrF6N. The van der Waals surface area contributed by atoms with E-state index in [2.05, 4.69) is 15.9 Å². The van der Waals surface area contributed by atoms with E-state index in [0.29, 0.717) is 10.5 Å². The predicted molar refractivity (Wildman–Crippen MR) is 68.0 cm³/mol. The monoisotopic (exact) mass is 363 g/mol. The summed E-state index contributed by atoms with van der Waals surface area (Å²) in [6, 6.07) is 3.32. The lowest BCUT2D eigenvalue weighted by Crippen LogP contribution is -2.35. The minimum absolute atomic E-state index is 0.170. The minimum Gasteiger partial charge on any atom is -0.362 e. The molecule has 0 aliphatic carbocycles. The van der Waals surface area contributed by atoms with E-state index in [1.165, 1.54) is 13.0 Å². The highest BCUT2D eigenvalue weighted by molar-refractivity contribution is 9.08. The van der Waals surface area contributed by atoms with Crippen LogP contribution in [-0.2, 0) is 11.5 Å². The van der Waals surface area contributed by atoms with Crippen molar-refractivity contribution in [3.63, 3.8) is 0 Å². The second kappa shape index (κ2) is 6.24. The molecule has 0 aliphatic rings. The van der Waals surface area contributed by atoms with Crippen molar-refractivity contribution < 1.29 is 26.3 Å². The molecule has 0 spiro atoms. The van der Waals surface area contributed by atoms with Crippen LogP contribution >= 0.6 is 15.9 Å². The molecule has 0 saturated carbocycles. The van der Waals surface area contributed by atoms with Crippen molar-refractivity contribution in [2.24, 2.45) is 0 Å². The zero-order chi connectivity index (χ0) is 15.6. The average Bonchev–Trinajstić information content (AvgIpc) is 2.33. The zero-order valence-corrected chi connectivity index (χ0v) is 12.0. The number of hydrogen-bond donors (Lipinski definition) is 0. The molecule has 0 aromatic heterocycles. The lowest BCUT2D eigenvalue weighted by molar-refractivity contribution is -0.138. The lowest BCUT2D eigenvalue weighted by atomic mass is 10.1. The largest absolute Gasteiger partial charge is 0.418 e. The Bertz CT molecular complexity index is 454. The van der Waals surface area contributed by atoms with E-state index in [-0.39, 0.29) is 11.9 Å². The van der Waals surface area contributed by atoms with Crippen LogP contribution in [0.25, 0.3) is 0 Å². The van der Waals surface area contributed by atoms with Gasteiger partial charge in [0, 0.05) is 17.6 Å². The van der Waals surface area contributed by atoms with E-state index in [1.54, 1.807) is 0 Å². The number of benzene rings is 1. The van der Waals surface area contributed by atoms with Crippen molar-refractivity contribution in [3.05, 3.63) is 29.3 Å². The van der Waals surface area contributed by atoms with Gasteiger partial charge < -0.3 is 4.90 Å². The summed E-state index contributed by atoms with van der Waals surface area (Å²) in [4.78, 5) is 0.667. The van der Waals surface area contributed by atoms with Crippen LogP contribution in [0.4, 0.5) is 32.0 Å². The van der Waals surface area contributed by atoms with Crippen molar-refractivity contribution in [2.45, 2.75) is 24.6 Å². The maximum absolute atomic E-state index is 13.0. The van der Waals surface area contributed by atoms with Crippen LogP contribution in [0.2, 0.25) is 0 Å². The fourth-order valence-electron chi connectivity index (χ4n) is 1.75. The van der Waals surface area contributed by atoms with Crippen molar-refractivity contribution in [1.82, 2.24) is 0 Å². The molecule has 0 bridgehead atoms. The van der Waals surface area contributed by atoms with Gasteiger partial charge in [-0.3, -0.25) is 0 Å². The van der Waals surface area contributed by atoms with Crippen LogP contribution < -0.4 is 4.90 Å². The van der Waals surface area contributed by atoms with Crippen LogP contribution in [0.1, 0.15) is 18.1 Å². The van der Waals surface area contributed by atoms with E-state index >= 15 is 0 Å². The normalized spacial score (nSPS) is 12.6. The molecule has 0 unspecified atom stereocenters. The highest BCUT2D eigenvalue weighted by atomic mass is 79.9. The maximum atomic E-state index is 13.0. The molecule has 20 heavy (non-hydrogen) atoms. The first-order valence-electron chi connectivity index (χ1n) is 5.66. The van der Waals surface area contributed by atoms with Crippen molar-refractivity contribution in [1.29, 1.82) is 0 Å². The summed E-state index contributed by atoms with van der Waals surface area (Å²) in [6.07, 6.45) is -9.26. The summed E-state index contributed by atoms with van der Waals surface area (Å²) in [5.74, 6) is 0. The van der Waals surface area contributed by atoms with E-state index in [1.807, 2.05) is 0 Å². The van der Waals surface area contributed by atoms with Crippen molar-refractivity contribution in [2.75, 3.05) is 18.0 Å². The van der Waals surface area contributed by atoms with Gasteiger partial charge in [-0.05, 0) is 24.6 Å². The number of anilines is 1. The Hall–Kier alpha value is -0.920. The Morgan fingerprint density at radius 3 is 2.10 bits per heavy atom. The van der Waals surface area contributed by atoms with E-state index in [4.69, 9.17) is 0 Å². The predicted octanol–water partition coefficient (Wildman–Crippen LogP) is 4.99. The second-order valence-corrected chi connectivity index (χ2v) is 4.67. The van der Waals surface area contributed by atoms with Crippen molar-refractivity contribution >= 4 is 21.6 Å². The molecule has 1 rings (SSSR count). The Labute approximate surface area is 120 Å². The zero-order valence-electron chi connectivity index (χ0n) is 10.4. The molecule has 0 saturated heterocycles. The third-order valence-electron chi connectivity index (χ3n) is 2.61. The summed E-state index contributed by atoms with van der Waals surface area (Å²) >= 11 is 3.02. The highest BCUT2D eigenvalue weighted by Crippen LogP contribution is 2.38. The molecule has 0 heterocycles. The molecule has 1 aromatic rings. The Balaban J connectivity index is 3.27. The highest BCUT2D eigenvalue weighted by Gasteiger charge is 2.37. The van der Waals surface area contributed by atoms with Gasteiger partial charge in [-0.25, -0.2) is 0 Å². The first-order valence-corrected chi connectivity index (χ1v) is 6.78. The van der Waals surface area contributed by atoms with E-state index in [9.17, 15) is 26.3 Å². The van der Waals surface area contributed by atoms with Crippen LogP contribution in [-0.4, -0.2) is 19.3 Å². The first-order chi connectivity index (χ1) is 9.08. The Kier molecular flexibility index (Phi) is 5.34. The summed E-state index contributed by atoms with van der Waals surface area (Å²) in [5.41, 5.74) is -1.16. The number of alkyl halides is 7. The van der Waals surface area contributed by atoms with E-state index < -0.39 is 30.1 Å². The van der Waals surface area contributed by atoms with Crippen LogP contribution in [0.15, 0.2) is 18.2 Å². The summed E-state index contributed by atoms with van der Waals surface area (Å²) in [7, 11) is 0. The number of nitrogens with zero attached hydrogens (tertiary/aromatic N) is 1. The third-order valence-corrected chi connectivity index (χ3v) is 3.26. The van der Waals surface area contributed by atoms with Gasteiger partial charge in [0.05, 0.1) is 5.56 Å². The standard InChI is InChI=1S/C12H12BrF6N/c1-2-20(7-11(14,15)16)10-4-3-8(6-13)5-9(10)12(17,18)19/h3-5H,2,6-7H2,1H3.